The molecule has 116 valence electrons. The topological polar surface area (TPSA) is 24.5 Å². The molecule has 0 atom stereocenters. The Morgan fingerprint density at radius 3 is 2.38 bits per heavy atom. The predicted octanol–water partition coefficient (Wildman–Crippen LogP) is 2.91. The van der Waals surface area contributed by atoms with Crippen LogP contribution >= 0.6 is 0 Å². The zero-order chi connectivity index (χ0) is 14.5. The monoisotopic (exact) mass is 288 g/mol. The van der Waals surface area contributed by atoms with Gasteiger partial charge in [0, 0.05) is 31.7 Å². The van der Waals surface area contributed by atoms with E-state index in [1.807, 2.05) is 7.05 Å². The first-order chi connectivity index (χ1) is 10.3. The molecule has 2 fully saturated rings. The smallest absolute Gasteiger partial charge is 0.123 e. The molecule has 2 aliphatic rings. The van der Waals surface area contributed by atoms with Crippen molar-refractivity contribution in [1.82, 2.24) is 10.2 Å². The Bertz CT molecular complexity index is 427. The fourth-order valence-corrected chi connectivity index (χ4v) is 2.85. The minimum atomic E-state index is 0.806. The van der Waals surface area contributed by atoms with Crippen LogP contribution in [0.15, 0.2) is 24.3 Å². The second-order valence-electron chi connectivity index (χ2n) is 6.63. The number of nitrogens with one attached hydrogen (secondary N) is 1. The number of hydrogen-bond donors (Lipinski definition) is 1. The second kappa shape index (κ2) is 7.28. The summed E-state index contributed by atoms with van der Waals surface area (Å²) in [6.45, 7) is 5.32. The van der Waals surface area contributed by atoms with Gasteiger partial charge in [0.2, 0.25) is 0 Å². The number of rotatable bonds is 10. The molecule has 0 bridgehead atoms. The van der Waals surface area contributed by atoms with Crippen molar-refractivity contribution in [2.45, 2.75) is 32.2 Å². The first-order valence-electron chi connectivity index (χ1n) is 8.43. The van der Waals surface area contributed by atoms with Gasteiger partial charge in [-0.3, -0.25) is 4.90 Å². The molecule has 0 heterocycles. The molecule has 0 amide bonds. The number of ether oxygens (including phenoxy) is 1. The van der Waals surface area contributed by atoms with Crippen molar-refractivity contribution in [2.75, 3.05) is 33.3 Å². The SMILES string of the molecule is CNCc1ccccc1OCCN(CC1CC1)CC1CC1. The van der Waals surface area contributed by atoms with Crippen molar-refractivity contribution in [3.63, 3.8) is 0 Å². The van der Waals surface area contributed by atoms with E-state index in [1.54, 1.807) is 0 Å². The van der Waals surface area contributed by atoms with Crippen LogP contribution in [-0.4, -0.2) is 38.2 Å². The van der Waals surface area contributed by atoms with Gasteiger partial charge >= 0.3 is 0 Å². The van der Waals surface area contributed by atoms with Gasteiger partial charge in [-0.25, -0.2) is 0 Å². The van der Waals surface area contributed by atoms with E-state index in [0.717, 1.165) is 37.3 Å². The Balaban J connectivity index is 1.46. The number of hydrogen-bond acceptors (Lipinski definition) is 3. The van der Waals surface area contributed by atoms with Gasteiger partial charge in [-0.2, -0.15) is 0 Å². The highest BCUT2D eigenvalue weighted by Gasteiger charge is 2.28. The van der Waals surface area contributed by atoms with Crippen LogP contribution in [0.1, 0.15) is 31.2 Å². The van der Waals surface area contributed by atoms with Crippen molar-refractivity contribution in [2.24, 2.45) is 11.8 Å². The van der Waals surface area contributed by atoms with Gasteiger partial charge < -0.3 is 10.1 Å². The molecule has 0 aromatic heterocycles. The summed E-state index contributed by atoms with van der Waals surface area (Å²) >= 11 is 0. The molecule has 0 radical (unpaired) electrons. The van der Waals surface area contributed by atoms with Crippen molar-refractivity contribution < 1.29 is 4.74 Å². The summed E-state index contributed by atoms with van der Waals surface area (Å²) in [5.41, 5.74) is 1.25. The van der Waals surface area contributed by atoms with Gasteiger partial charge in [0.05, 0.1) is 0 Å². The van der Waals surface area contributed by atoms with Crippen LogP contribution in [0.3, 0.4) is 0 Å². The Morgan fingerprint density at radius 2 is 1.76 bits per heavy atom. The Labute approximate surface area is 128 Å². The zero-order valence-electron chi connectivity index (χ0n) is 13.2. The van der Waals surface area contributed by atoms with Crippen molar-refractivity contribution in [3.8, 4) is 5.75 Å². The predicted molar refractivity (Wildman–Crippen MR) is 86.6 cm³/mol. The van der Waals surface area contributed by atoms with Crippen molar-refractivity contribution in [1.29, 1.82) is 0 Å². The summed E-state index contributed by atoms with van der Waals surface area (Å²) in [5, 5.41) is 3.20. The van der Waals surface area contributed by atoms with E-state index in [9.17, 15) is 0 Å². The molecule has 0 unspecified atom stereocenters. The average molecular weight is 288 g/mol. The van der Waals surface area contributed by atoms with Crippen LogP contribution in [0, 0.1) is 11.8 Å². The van der Waals surface area contributed by atoms with E-state index in [-0.39, 0.29) is 0 Å². The minimum Gasteiger partial charge on any atom is -0.492 e. The standard InChI is InChI=1S/C18H28N2O/c1-19-12-17-4-2-3-5-18(17)21-11-10-20(13-15-6-7-15)14-16-8-9-16/h2-5,15-16,19H,6-14H2,1H3. The summed E-state index contributed by atoms with van der Waals surface area (Å²) in [4.78, 5) is 2.63. The van der Waals surface area contributed by atoms with E-state index in [4.69, 9.17) is 4.74 Å². The number of nitrogens with zero attached hydrogens (tertiary/aromatic N) is 1. The Kier molecular flexibility index (Phi) is 5.15. The third kappa shape index (κ3) is 5.01. The molecule has 0 saturated heterocycles. The third-order valence-electron chi connectivity index (χ3n) is 4.43. The van der Waals surface area contributed by atoms with Crippen LogP contribution < -0.4 is 10.1 Å². The molecule has 2 saturated carbocycles. The molecule has 1 aromatic carbocycles. The van der Waals surface area contributed by atoms with Crippen molar-refractivity contribution >= 4 is 0 Å². The van der Waals surface area contributed by atoms with Gasteiger partial charge in [-0.05, 0) is 50.6 Å². The van der Waals surface area contributed by atoms with Gasteiger partial charge in [-0.15, -0.1) is 0 Å². The summed E-state index contributed by atoms with van der Waals surface area (Å²) in [5.74, 6) is 2.98. The molecule has 1 aromatic rings. The van der Waals surface area contributed by atoms with Crippen LogP contribution in [0.25, 0.3) is 0 Å². The molecule has 21 heavy (non-hydrogen) atoms. The van der Waals surface area contributed by atoms with Crippen LogP contribution in [0.4, 0.5) is 0 Å². The van der Waals surface area contributed by atoms with Gasteiger partial charge in [0.25, 0.3) is 0 Å². The first-order valence-corrected chi connectivity index (χ1v) is 8.43. The third-order valence-corrected chi connectivity index (χ3v) is 4.43. The molecule has 0 spiro atoms. The highest BCUT2D eigenvalue weighted by Crippen LogP contribution is 2.33. The highest BCUT2D eigenvalue weighted by atomic mass is 16.5. The van der Waals surface area contributed by atoms with Gasteiger partial charge in [0.1, 0.15) is 12.4 Å². The van der Waals surface area contributed by atoms with E-state index >= 15 is 0 Å². The largest absolute Gasteiger partial charge is 0.492 e. The Morgan fingerprint density at radius 1 is 1.10 bits per heavy atom. The van der Waals surface area contributed by atoms with E-state index in [2.05, 4.69) is 34.5 Å². The molecule has 2 aliphatic carbocycles. The fraction of sp³-hybridized carbons (Fsp3) is 0.667. The van der Waals surface area contributed by atoms with Crippen molar-refractivity contribution in [3.05, 3.63) is 29.8 Å². The maximum absolute atomic E-state index is 6.04. The molecule has 3 nitrogen and oxygen atoms in total. The van der Waals surface area contributed by atoms with Crippen LogP contribution in [0.2, 0.25) is 0 Å². The molecule has 3 heteroatoms. The lowest BCUT2D eigenvalue weighted by Crippen LogP contribution is -2.32. The summed E-state index contributed by atoms with van der Waals surface area (Å²) in [6.07, 6.45) is 5.75. The summed E-state index contributed by atoms with van der Waals surface area (Å²) in [6, 6.07) is 8.35. The van der Waals surface area contributed by atoms with Gasteiger partial charge in [-0.1, -0.05) is 18.2 Å². The maximum atomic E-state index is 6.04. The van der Waals surface area contributed by atoms with E-state index < -0.39 is 0 Å². The lowest BCUT2D eigenvalue weighted by atomic mass is 10.2. The average Bonchev–Trinajstić information content (AvgIpc) is 3.37. The first kappa shape index (κ1) is 14.9. The number of para-hydroxylation sites is 1. The lowest BCUT2D eigenvalue weighted by molar-refractivity contribution is 0.196. The van der Waals surface area contributed by atoms with Gasteiger partial charge in [0.15, 0.2) is 0 Å². The highest BCUT2D eigenvalue weighted by molar-refractivity contribution is 5.33. The number of benzene rings is 1. The second-order valence-corrected chi connectivity index (χ2v) is 6.63. The lowest BCUT2D eigenvalue weighted by Gasteiger charge is -2.22. The minimum absolute atomic E-state index is 0.806. The van der Waals surface area contributed by atoms with Crippen LogP contribution in [-0.2, 0) is 6.54 Å². The molecular weight excluding hydrogens is 260 g/mol. The quantitative estimate of drug-likeness (QED) is 0.716. The Hall–Kier alpha value is -1.06. The molecule has 3 rings (SSSR count). The molecule has 1 N–H and O–H groups in total. The molecular formula is C18H28N2O. The van der Waals surface area contributed by atoms with E-state index in [0.29, 0.717) is 0 Å². The summed E-state index contributed by atoms with van der Waals surface area (Å²) in [7, 11) is 1.98. The molecule has 0 aliphatic heterocycles. The van der Waals surface area contributed by atoms with E-state index in [1.165, 1.54) is 44.3 Å². The maximum Gasteiger partial charge on any atom is 0.123 e. The fourth-order valence-electron chi connectivity index (χ4n) is 2.85. The zero-order valence-corrected chi connectivity index (χ0v) is 13.2. The normalized spacial score (nSPS) is 18.2. The summed E-state index contributed by atoms with van der Waals surface area (Å²) < 4.78 is 6.04. The van der Waals surface area contributed by atoms with Crippen LogP contribution in [0.5, 0.6) is 5.75 Å².